The molecule has 148 valence electrons. The summed E-state index contributed by atoms with van der Waals surface area (Å²) in [4.78, 5) is 18.4. The van der Waals surface area contributed by atoms with Gasteiger partial charge in [-0.25, -0.2) is 8.78 Å². The van der Waals surface area contributed by atoms with E-state index < -0.39 is 17.6 Å². The third-order valence-electron chi connectivity index (χ3n) is 4.82. The molecule has 0 spiro atoms. The van der Waals surface area contributed by atoms with E-state index in [-0.39, 0.29) is 11.5 Å². The van der Waals surface area contributed by atoms with Gasteiger partial charge in [-0.15, -0.1) is 0 Å². The molecule has 0 amide bonds. The monoisotopic (exact) mass is 388 g/mol. The van der Waals surface area contributed by atoms with Crippen molar-refractivity contribution in [2.75, 3.05) is 26.2 Å². The van der Waals surface area contributed by atoms with Crippen LogP contribution in [0.2, 0.25) is 0 Å². The number of hydrogen-bond donors (Lipinski definition) is 1. The maximum Gasteiger partial charge on any atom is 0.307 e. The van der Waals surface area contributed by atoms with Crippen molar-refractivity contribution in [1.29, 1.82) is 0 Å². The summed E-state index contributed by atoms with van der Waals surface area (Å²) in [5.41, 5.74) is 1.29. The van der Waals surface area contributed by atoms with Crippen molar-refractivity contribution in [2.24, 2.45) is 11.1 Å². The van der Waals surface area contributed by atoms with Gasteiger partial charge < -0.3 is 9.94 Å². The Balaban J connectivity index is 1.58. The first kappa shape index (κ1) is 19.9. The van der Waals surface area contributed by atoms with Crippen LogP contribution in [0.15, 0.2) is 47.6 Å². The Bertz CT molecular complexity index is 857. The molecule has 1 saturated heterocycles. The number of benzene rings is 2. The summed E-state index contributed by atoms with van der Waals surface area (Å²) < 4.78 is 27.6. The van der Waals surface area contributed by atoms with Crippen molar-refractivity contribution in [3.63, 3.8) is 0 Å². The van der Waals surface area contributed by atoms with Gasteiger partial charge in [0.15, 0.2) is 11.6 Å². The number of oxime groups is 1. The third kappa shape index (κ3) is 4.92. The molecule has 7 heteroatoms. The van der Waals surface area contributed by atoms with E-state index in [9.17, 15) is 13.6 Å². The number of carbonyl (C=O) groups is 1. The SMILES string of the molecule is O=C(O)C1CCCN(CCO/N=C/c2ccccc2-c2cccc(F)c2F)C1. The van der Waals surface area contributed by atoms with E-state index in [4.69, 9.17) is 9.94 Å². The molecule has 5 nitrogen and oxygen atoms in total. The molecule has 2 aromatic carbocycles. The summed E-state index contributed by atoms with van der Waals surface area (Å²) in [6.45, 7) is 2.27. The molecule has 0 aromatic heterocycles. The highest BCUT2D eigenvalue weighted by Crippen LogP contribution is 2.26. The Morgan fingerprint density at radius 1 is 1.21 bits per heavy atom. The fourth-order valence-corrected chi connectivity index (χ4v) is 3.34. The summed E-state index contributed by atoms with van der Waals surface area (Å²) >= 11 is 0. The molecule has 1 aliphatic rings. The molecular formula is C21H22F2N2O3. The van der Waals surface area contributed by atoms with E-state index in [1.165, 1.54) is 18.3 Å². The van der Waals surface area contributed by atoms with Crippen LogP contribution in [0.5, 0.6) is 0 Å². The highest BCUT2D eigenvalue weighted by Gasteiger charge is 2.24. The van der Waals surface area contributed by atoms with Crippen molar-refractivity contribution in [3.8, 4) is 11.1 Å². The first-order chi connectivity index (χ1) is 13.6. The summed E-state index contributed by atoms with van der Waals surface area (Å²) in [7, 11) is 0. The maximum atomic E-state index is 14.1. The number of carboxylic acids is 1. The zero-order valence-corrected chi connectivity index (χ0v) is 15.4. The number of hydrogen-bond acceptors (Lipinski definition) is 4. The number of rotatable bonds is 7. The number of likely N-dealkylation sites (tertiary alicyclic amines) is 1. The Labute approximate surface area is 162 Å². The number of halogens is 2. The van der Waals surface area contributed by atoms with Crippen molar-refractivity contribution in [2.45, 2.75) is 12.8 Å². The van der Waals surface area contributed by atoms with Crippen LogP contribution in [0.25, 0.3) is 11.1 Å². The van der Waals surface area contributed by atoms with E-state index in [0.29, 0.717) is 37.2 Å². The van der Waals surface area contributed by atoms with Crippen LogP contribution in [0.4, 0.5) is 8.78 Å². The molecule has 1 atom stereocenters. The second-order valence-electron chi connectivity index (χ2n) is 6.73. The lowest BCUT2D eigenvalue weighted by atomic mass is 9.98. The minimum absolute atomic E-state index is 0.162. The van der Waals surface area contributed by atoms with Gasteiger partial charge in [-0.2, -0.15) is 0 Å². The maximum absolute atomic E-state index is 14.1. The minimum atomic E-state index is -0.901. The number of carboxylic acid groups (broad SMARTS) is 1. The summed E-state index contributed by atoms with van der Waals surface area (Å²) in [6, 6.07) is 11.0. The molecule has 0 bridgehead atoms. The smallest absolute Gasteiger partial charge is 0.307 e. The first-order valence-corrected chi connectivity index (χ1v) is 9.20. The quantitative estimate of drug-likeness (QED) is 0.446. The van der Waals surface area contributed by atoms with E-state index in [1.54, 1.807) is 24.3 Å². The average Bonchev–Trinajstić information content (AvgIpc) is 2.70. The van der Waals surface area contributed by atoms with E-state index in [1.807, 2.05) is 4.90 Å². The van der Waals surface area contributed by atoms with Crippen molar-refractivity contribution in [3.05, 3.63) is 59.7 Å². The molecule has 1 fully saturated rings. The zero-order valence-electron chi connectivity index (χ0n) is 15.4. The predicted molar refractivity (Wildman–Crippen MR) is 102 cm³/mol. The van der Waals surface area contributed by atoms with Gasteiger partial charge >= 0.3 is 5.97 Å². The topological polar surface area (TPSA) is 62.1 Å². The van der Waals surface area contributed by atoms with Gasteiger partial charge in [0.2, 0.25) is 0 Å². The standard InChI is InChI=1S/C21H22F2N2O3/c22-19-9-3-8-18(20(19)23)17-7-2-1-5-15(17)13-24-28-12-11-25-10-4-6-16(14-25)21(26)27/h1-3,5,7-9,13,16H,4,6,10-12,14H2,(H,26,27)/b24-13+. The lowest BCUT2D eigenvalue weighted by Crippen LogP contribution is -2.40. The highest BCUT2D eigenvalue weighted by molar-refractivity contribution is 5.90. The van der Waals surface area contributed by atoms with Gasteiger partial charge in [0, 0.05) is 24.2 Å². The van der Waals surface area contributed by atoms with Gasteiger partial charge in [-0.3, -0.25) is 9.69 Å². The van der Waals surface area contributed by atoms with Crippen LogP contribution >= 0.6 is 0 Å². The lowest BCUT2D eigenvalue weighted by Gasteiger charge is -2.29. The number of nitrogens with zero attached hydrogens (tertiary/aromatic N) is 2. The Morgan fingerprint density at radius 3 is 2.82 bits per heavy atom. The zero-order chi connectivity index (χ0) is 19.9. The van der Waals surface area contributed by atoms with Crippen LogP contribution in [-0.2, 0) is 9.63 Å². The van der Waals surface area contributed by atoms with Gasteiger partial charge in [-0.05, 0) is 31.0 Å². The lowest BCUT2D eigenvalue weighted by molar-refractivity contribution is -0.143. The van der Waals surface area contributed by atoms with Crippen molar-refractivity contribution < 1.29 is 23.5 Å². The Morgan fingerprint density at radius 2 is 2.00 bits per heavy atom. The molecule has 1 heterocycles. The Kier molecular flexibility index (Phi) is 6.71. The number of aliphatic carboxylic acids is 1. The molecule has 28 heavy (non-hydrogen) atoms. The molecule has 2 aromatic rings. The fourth-order valence-electron chi connectivity index (χ4n) is 3.34. The predicted octanol–water partition coefficient (Wildman–Crippen LogP) is 3.78. The first-order valence-electron chi connectivity index (χ1n) is 9.20. The van der Waals surface area contributed by atoms with Gasteiger partial charge in [0.1, 0.15) is 6.61 Å². The molecule has 0 saturated carbocycles. The van der Waals surface area contributed by atoms with Crippen LogP contribution in [0.3, 0.4) is 0 Å². The van der Waals surface area contributed by atoms with Crippen molar-refractivity contribution in [1.82, 2.24) is 4.90 Å². The average molecular weight is 388 g/mol. The largest absolute Gasteiger partial charge is 0.481 e. The fraction of sp³-hybridized carbons (Fsp3) is 0.333. The molecule has 1 unspecified atom stereocenters. The summed E-state index contributed by atoms with van der Waals surface area (Å²) in [6.07, 6.45) is 3.03. The van der Waals surface area contributed by atoms with E-state index >= 15 is 0 Å². The third-order valence-corrected chi connectivity index (χ3v) is 4.82. The molecule has 1 aliphatic heterocycles. The molecule has 0 radical (unpaired) electrons. The van der Waals surface area contributed by atoms with Gasteiger partial charge in [0.05, 0.1) is 12.1 Å². The molecule has 0 aliphatic carbocycles. The van der Waals surface area contributed by atoms with Gasteiger partial charge in [-0.1, -0.05) is 41.6 Å². The second-order valence-corrected chi connectivity index (χ2v) is 6.73. The molecular weight excluding hydrogens is 366 g/mol. The molecule has 1 N–H and O–H groups in total. The highest BCUT2D eigenvalue weighted by atomic mass is 19.2. The van der Waals surface area contributed by atoms with Gasteiger partial charge in [0.25, 0.3) is 0 Å². The van der Waals surface area contributed by atoms with E-state index in [0.717, 1.165) is 19.0 Å². The van der Waals surface area contributed by atoms with Crippen LogP contribution in [0.1, 0.15) is 18.4 Å². The summed E-state index contributed by atoms with van der Waals surface area (Å²) in [5, 5.41) is 13.1. The number of piperidine rings is 1. The van der Waals surface area contributed by atoms with E-state index in [2.05, 4.69) is 5.16 Å². The molecule has 3 rings (SSSR count). The van der Waals surface area contributed by atoms with Crippen LogP contribution < -0.4 is 0 Å². The Hall–Kier alpha value is -2.80. The van der Waals surface area contributed by atoms with Crippen LogP contribution in [-0.4, -0.2) is 48.4 Å². The summed E-state index contributed by atoms with van der Waals surface area (Å²) in [5.74, 6) is -2.89. The van der Waals surface area contributed by atoms with Crippen LogP contribution in [0, 0.1) is 17.6 Å². The normalized spacial score (nSPS) is 17.7. The second kappa shape index (κ2) is 9.41. The minimum Gasteiger partial charge on any atom is -0.481 e. The van der Waals surface area contributed by atoms with Crippen molar-refractivity contribution >= 4 is 12.2 Å².